The number of hydrogen-bond acceptors (Lipinski definition) is 5. The lowest BCUT2D eigenvalue weighted by Crippen LogP contribution is -2.60. The van der Waals surface area contributed by atoms with Crippen LogP contribution >= 0.6 is 0 Å². The van der Waals surface area contributed by atoms with E-state index in [0.717, 1.165) is 37.7 Å². The summed E-state index contributed by atoms with van der Waals surface area (Å²) in [6.45, 7) is 5.66. The molecule has 1 aromatic carbocycles. The average molecular weight is 520 g/mol. The minimum Gasteiger partial charge on any atom is -0.449 e. The van der Waals surface area contributed by atoms with E-state index in [1.54, 1.807) is 17.1 Å². The number of carbonyl (C=O) groups is 3. The minimum absolute atomic E-state index is 0.0155. The lowest BCUT2D eigenvalue weighted by Gasteiger charge is -2.59. The van der Waals surface area contributed by atoms with Crippen LogP contribution in [0.3, 0.4) is 0 Å². The Morgan fingerprint density at radius 2 is 1.84 bits per heavy atom. The van der Waals surface area contributed by atoms with E-state index in [2.05, 4.69) is 15.7 Å². The van der Waals surface area contributed by atoms with E-state index in [-0.39, 0.29) is 23.3 Å². The lowest BCUT2D eigenvalue weighted by atomic mass is 9.48. The summed E-state index contributed by atoms with van der Waals surface area (Å²) in [6, 6.07) is 9.81. The molecule has 0 aliphatic heterocycles. The van der Waals surface area contributed by atoms with Crippen LogP contribution in [0, 0.1) is 23.2 Å². The summed E-state index contributed by atoms with van der Waals surface area (Å²) >= 11 is 0. The van der Waals surface area contributed by atoms with Crippen LogP contribution in [0.2, 0.25) is 0 Å². The fourth-order valence-electron chi connectivity index (χ4n) is 7.34. The standard InChI is InChI=1S/C29H37N5O4/c1-18(35)33-28(2,3)9-10-34-25(20-7-5-4-6-8-20)23(16-31-34)26(36)32-24-21-11-19-12-22(24)15-29(13-19,14-21)17-38-27(30)37/h4-10,16,19,21-22,24H,11-15,17H2,1-3H3,(H2,30,37)(H,32,36)(H,33,35)/b10-9+. The summed E-state index contributed by atoms with van der Waals surface area (Å²) in [4.78, 5) is 36.6. The highest BCUT2D eigenvalue weighted by Crippen LogP contribution is 2.60. The van der Waals surface area contributed by atoms with Crippen molar-refractivity contribution in [2.75, 3.05) is 6.61 Å². The van der Waals surface area contributed by atoms with Gasteiger partial charge in [-0.15, -0.1) is 0 Å². The first-order valence-corrected chi connectivity index (χ1v) is 13.4. The molecule has 4 aliphatic rings. The monoisotopic (exact) mass is 519 g/mol. The van der Waals surface area contributed by atoms with Gasteiger partial charge in [-0.3, -0.25) is 9.59 Å². The molecule has 1 heterocycles. The van der Waals surface area contributed by atoms with Gasteiger partial charge in [-0.1, -0.05) is 30.3 Å². The molecule has 2 atom stereocenters. The van der Waals surface area contributed by atoms with Crippen molar-refractivity contribution in [2.24, 2.45) is 28.9 Å². The molecule has 0 saturated heterocycles. The van der Waals surface area contributed by atoms with Gasteiger partial charge in [-0.2, -0.15) is 5.10 Å². The molecule has 3 amide bonds. The van der Waals surface area contributed by atoms with Crippen molar-refractivity contribution in [3.63, 3.8) is 0 Å². The molecule has 4 aliphatic carbocycles. The Morgan fingerprint density at radius 3 is 2.47 bits per heavy atom. The van der Waals surface area contributed by atoms with Gasteiger partial charge in [0.05, 0.1) is 29.6 Å². The molecule has 4 saturated carbocycles. The number of nitrogens with two attached hydrogens (primary N) is 1. The maximum atomic E-state index is 13.8. The van der Waals surface area contributed by atoms with Gasteiger partial charge in [0.25, 0.3) is 5.91 Å². The maximum absolute atomic E-state index is 13.8. The molecule has 2 aromatic rings. The van der Waals surface area contributed by atoms with Gasteiger partial charge in [0.1, 0.15) is 0 Å². The van der Waals surface area contributed by atoms with Crippen molar-refractivity contribution in [3.05, 3.63) is 48.2 Å². The number of amides is 3. The van der Waals surface area contributed by atoms with Gasteiger partial charge in [-0.25, -0.2) is 9.48 Å². The molecule has 6 rings (SSSR count). The third-order valence-corrected chi connectivity index (χ3v) is 8.44. The molecule has 38 heavy (non-hydrogen) atoms. The topological polar surface area (TPSA) is 128 Å². The zero-order valence-corrected chi connectivity index (χ0v) is 22.3. The highest BCUT2D eigenvalue weighted by molar-refractivity contribution is 6.00. The maximum Gasteiger partial charge on any atom is 0.404 e. The average Bonchev–Trinajstić information content (AvgIpc) is 3.27. The smallest absolute Gasteiger partial charge is 0.404 e. The summed E-state index contributed by atoms with van der Waals surface area (Å²) in [5, 5.41) is 10.8. The molecular weight excluding hydrogens is 482 g/mol. The zero-order valence-electron chi connectivity index (χ0n) is 22.3. The Bertz CT molecular complexity index is 1230. The van der Waals surface area contributed by atoms with Crippen LogP contribution in [0.5, 0.6) is 0 Å². The molecular formula is C29H37N5O4. The van der Waals surface area contributed by atoms with Crippen molar-refractivity contribution in [1.29, 1.82) is 0 Å². The Balaban J connectivity index is 1.38. The predicted molar refractivity (Wildman–Crippen MR) is 144 cm³/mol. The lowest BCUT2D eigenvalue weighted by molar-refractivity contribution is -0.120. The van der Waals surface area contributed by atoms with Gasteiger partial charge in [0.15, 0.2) is 0 Å². The molecule has 4 N–H and O–H groups in total. The van der Waals surface area contributed by atoms with E-state index in [9.17, 15) is 14.4 Å². The summed E-state index contributed by atoms with van der Waals surface area (Å²) in [7, 11) is 0. The first-order valence-electron chi connectivity index (χ1n) is 13.4. The van der Waals surface area contributed by atoms with Crippen LogP contribution in [-0.4, -0.2) is 45.9 Å². The van der Waals surface area contributed by atoms with Crippen molar-refractivity contribution in [3.8, 4) is 11.3 Å². The Hall–Kier alpha value is -3.62. The number of rotatable bonds is 8. The highest BCUT2D eigenvalue weighted by atomic mass is 16.5. The summed E-state index contributed by atoms with van der Waals surface area (Å²) in [6.07, 6.45) is 9.67. The van der Waals surface area contributed by atoms with Crippen LogP contribution in [-0.2, 0) is 9.53 Å². The first-order chi connectivity index (χ1) is 18.0. The Labute approximate surface area is 223 Å². The Kier molecular flexibility index (Phi) is 6.79. The number of primary amides is 1. The highest BCUT2D eigenvalue weighted by Gasteiger charge is 2.56. The summed E-state index contributed by atoms with van der Waals surface area (Å²) in [5.74, 6) is 1.06. The van der Waals surface area contributed by atoms with Gasteiger partial charge < -0.3 is 21.1 Å². The third-order valence-electron chi connectivity index (χ3n) is 8.44. The number of aromatic nitrogens is 2. The molecule has 9 nitrogen and oxygen atoms in total. The largest absolute Gasteiger partial charge is 0.449 e. The molecule has 9 heteroatoms. The molecule has 0 spiro atoms. The van der Waals surface area contributed by atoms with Crippen LogP contribution < -0.4 is 16.4 Å². The predicted octanol–water partition coefficient (Wildman–Crippen LogP) is 3.96. The molecule has 2 unspecified atom stereocenters. The van der Waals surface area contributed by atoms with E-state index >= 15 is 0 Å². The normalized spacial score (nSPS) is 27.9. The second-order valence-electron chi connectivity index (χ2n) is 12.0. The number of ether oxygens (including phenoxy) is 1. The van der Waals surface area contributed by atoms with E-state index in [1.807, 2.05) is 50.3 Å². The number of nitrogens with one attached hydrogen (secondary N) is 2. The van der Waals surface area contributed by atoms with Crippen LogP contribution in [0.4, 0.5) is 4.79 Å². The van der Waals surface area contributed by atoms with Gasteiger partial charge >= 0.3 is 6.09 Å². The number of hydrogen-bond donors (Lipinski definition) is 3. The van der Waals surface area contributed by atoms with Crippen molar-refractivity contribution < 1.29 is 19.1 Å². The molecule has 1 aromatic heterocycles. The second-order valence-corrected chi connectivity index (χ2v) is 12.0. The van der Waals surface area contributed by atoms with E-state index in [4.69, 9.17) is 10.5 Å². The van der Waals surface area contributed by atoms with Crippen LogP contribution in [0.1, 0.15) is 63.2 Å². The zero-order chi connectivity index (χ0) is 27.1. The van der Waals surface area contributed by atoms with E-state index < -0.39 is 11.6 Å². The fourth-order valence-corrected chi connectivity index (χ4v) is 7.34. The van der Waals surface area contributed by atoms with Crippen molar-refractivity contribution in [2.45, 2.75) is 64.5 Å². The van der Waals surface area contributed by atoms with E-state index in [0.29, 0.717) is 35.6 Å². The number of benzene rings is 1. The van der Waals surface area contributed by atoms with Gasteiger partial charge in [-0.05, 0) is 69.8 Å². The second kappa shape index (κ2) is 9.93. The molecule has 4 fully saturated rings. The van der Waals surface area contributed by atoms with Crippen molar-refractivity contribution in [1.82, 2.24) is 20.4 Å². The quantitative estimate of drug-likeness (QED) is 0.486. The van der Waals surface area contributed by atoms with Crippen molar-refractivity contribution >= 4 is 24.1 Å². The van der Waals surface area contributed by atoms with Gasteiger partial charge in [0.2, 0.25) is 5.91 Å². The summed E-state index contributed by atoms with van der Waals surface area (Å²) < 4.78 is 6.95. The molecule has 0 radical (unpaired) electrons. The fraction of sp³-hybridized carbons (Fsp3) is 0.517. The third kappa shape index (κ3) is 5.33. The number of nitrogens with zero attached hydrogens (tertiary/aromatic N) is 2. The summed E-state index contributed by atoms with van der Waals surface area (Å²) in [5.41, 5.74) is 6.76. The number of carbonyl (C=O) groups excluding carboxylic acids is 3. The Morgan fingerprint density at radius 1 is 1.16 bits per heavy atom. The minimum atomic E-state index is -0.717. The molecule has 202 valence electrons. The van der Waals surface area contributed by atoms with Crippen LogP contribution in [0.25, 0.3) is 17.5 Å². The SMILES string of the molecule is CC(=O)NC(C)(C)/C=C/n1ncc(C(=O)NC2C3CC4CC2CC(COC(N)=O)(C4)C3)c1-c1ccccc1. The first kappa shape index (κ1) is 26.0. The van der Waals surface area contributed by atoms with Crippen LogP contribution in [0.15, 0.2) is 42.6 Å². The van der Waals surface area contributed by atoms with Gasteiger partial charge in [0, 0.05) is 30.1 Å². The molecule has 4 bridgehead atoms. The van der Waals surface area contributed by atoms with E-state index in [1.165, 1.54) is 6.92 Å².